The van der Waals surface area contributed by atoms with Gasteiger partial charge < -0.3 is 15.4 Å². The molecule has 1 heterocycles. The first-order chi connectivity index (χ1) is 13.3. The number of rotatable bonds is 8. The number of aryl methyl sites for hydroxylation is 2. The zero-order valence-electron chi connectivity index (χ0n) is 16.6. The van der Waals surface area contributed by atoms with E-state index in [-0.39, 0.29) is 11.8 Å². The third-order valence-electron chi connectivity index (χ3n) is 4.36. The maximum atomic E-state index is 12.4. The van der Waals surface area contributed by atoms with E-state index in [9.17, 15) is 9.59 Å². The zero-order chi connectivity index (χ0) is 20.7. The van der Waals surface area contributed by atoms with E-state index in [0.29, 0.717) is 42.9 Å². The summed E-state index contributed by atoms with van der Waals surface area (Å²) in [7, 11) is 1.51. The number of ether oxygens (including phenoxy) is 1. The molecule has 8 nitrogen and oxygen atoms in total. The summed E-state index contributed by atoms with van der Waals surface area (Å²) in [6.07, 6.45) is 1.26. The molecule has 0 aliphatic carbocycles. The highest BCUT2D eigenvalue weighted by atomic mass is 16.5. The molecule has 0 unspecified atom stereocenters. The van der Waals surface area contributed by atoms with Crippen LogP contribution in [0, 0.1) is 25.2 Å². The number of methoxy groups -OCH3 is 1. The number of carbonyl (C=O) groups is 2. The minimum absolute atomic E-state index is 0.137. The third-order valence-corrected chi connectivity index (χ3v) is 4.36. The van der Waals surface area contributed by atoms with Crippen LogP contribution in [0.4, 0.5) is 11.4 Å². The normalized spacial score (nSPS) is 10.2. The summed E-state index contributed by atoms with van der Waals surface area (Å²) in [5.74, 6) is 0.160. The standard InChI is InChI=1S/C20H25N5O3/c1-13-17(14(2)25(24-13)11-5-10-21)7-9-20(27)23-16-6-8-19(28-4)18(12-16)22-15(3)26/h6,8,12H,5,7,9,11H2,1-4H3,(H,22,26)(H,23,27). The molecule has 2 rings (SSSR count). The molecule has 0 atom stereocenters. The number of hydrogen-bond donors (Lipinski definition) is 2. The van der Waals surface area contributed by atoms with E-state index in [4.69, 9.17) is 10.00 Å². The number of hydrogen-bond acceptors (Lipinski definition) is 5. The molecule has 148 valence electrons. The van der Waals surface area contributed by atoms with E-state index >= 15 is 0 Å². The molecular weight excluding hydrogens is 358 g/mol. The lowest BCUT2D eigenvalue weighted by Crippen LogP contribution is -2.14. The largest absolute Gasteiger partial charge is 0.495 e. The van der Waals surface area contributed by atoms with Gasteiger partial charge >= 0.3 is 0 Å². The molecule has 2 N–H and O–H groups in total. The van der Waals surface area contributed by atoms with Crippen LogP contribution < -0.4 is 15.4 Å². The molecular formula is C20H25N5O3. The van der Waals surface area contributed by atoms with Gasteiger partial charge in [0.25, 0.3) is 0 Å². The number of aromatic nitrogens is 2. The molecule has 2 amide bonds. The smallest absolute Gasteiger partial charge is 0.224 e. The van der Waals surface area contributed by atoms with Gasteiger partial charge in [0.15, 0.2) is 0 Å². The molecule has 0 radical (unpaired) electrons. The summed E-state index contributed by atoms with van der Waals surface area (Å²) < 4.78 is 7.03. The van der Waals surface area contributed by atoms with Crippen molar-refractivity contribution in [3.63, 3.8) is 0 Å². The Bertz CT molecular complexity index is 911. The second-order valence-electron chi connectivity index (χ2n) is 6.43. The Morgan fingerprint density at radius 1 is 1.29 bits per heavy atom. The lowest BCUT2D eigenvalue weighted by Gasteiger charge is -2.12. The SMILES string of the molecule is COc1ccc(NC(=O)CCc2c(C)nn(CCC#N)c2C)cc1NC(C)=O. The molecule has 0 fully saturated rings. The Hall–Kier alpha value is -3.34. The first-order valence-corrected chi connectivity index (χ1v) is 9.01. The van der Waals surface area contributed by atoms with Gasteiger partial charge in [-0.1, -0.05) is 0 Å². The van der Waals surface area contributed by atoms with Gasteiger partial charge in [-0.05, 0) is 44.0 Å². The minimum atomic E-state index is -0.221. The summed E-state index contributed by atoms with van der Waals surface area (Å²) in [6, 6.07) is 7.18. The zero-order valence-corrected chi connectivity index (χ0v) is 16.6. The molecule has 1 aromatic heterocycles. The molecule has 0 saturated carbocycles. The Morgan fingerprint density at radius 3 is 2.68 bits per heavy atom. The van der Waals surface area contributed by atoms with E-state index < -0.39 is 0 Å². The van der Waals surface area contributed by atoms with Gasteiger partial charge in [-0.2, -0.15) is 10.4 Å². The molecule has 0 spiro atoms. The van der Waals surface area contributed by atoms with Crippen LogP contribution in [0.2, 0.25) is 0 Å². The summed E-state index contributed by atoms with van der Waals surface area (Å²) in [4.78, 5) is 23.7. The Labute approximate surface area is 164 Å². The third kappa shape index (κ3) is 5.33. The molecule has 8 heteroatoms. The number of nitriles is 1. The topological polar surface area (TPSA) is 109 Å². The van der Waals surface area contributed by atoms with Crippen molar-refractivity contribution in [2.24, 2.45) is 0 Å². The maximum absolute atomic E-state index is 12.4. The molecule has 0 aliphatic rings. The molecule has 0 aliphatic heterocycles. The number of amides is 2. The van der Waals surface area contributed by atoms with E-state index in [1.807, 2.05) is 18.5 Å². The van der Waals surface area contributed by atoms with Crippen molar-refractivity contribution in [1.29, 1.82) is 5.26 Å². The highest BCUT2D eigenvalue weighted by Crippen LogP contribution is 2.28. The average Bonchev–Trinajstić information content (AvgIpc) is 2.91. The first kappa shape index (κ1) is 21.0. The Balaban J connectivity index is 2.02. The lowest BCUT2D eigenvalue weighted by molar-refractivity contribution is -0.116. The quantitative estimate of drug-likeness (QED) is 0.728. The fraction of sp³-hybridized carbons (Fsp3) is 0.400. The summed E-state index contributed by atoms with van der Waals surface area (Å²) in [5.41, 5.74) is 3.96. The van der Waals surface area contributed by atoms with E-state index in [0.717, 1.165) is 17.0 Å². The molecule has 0 bridgehead atoms. The van der Waals surface area contributed by atoms with E-state index in [1.54, 1.807) is 18.2 Å². The maximum Gasteiger partial charge on any atom is 0.224 e. The number of anilines is 2. The Kier molecular flexibility index (Phi) is 7.15. The van der Waals surface area contributed by atoms with Crippen LogP contribution in [0.25, 0.3) is 0 Å². The number of nitrogens with zero attached hydrogens (tertiary/aromatic N) is 3. The number of nitrogens with one attached hydrogen (secondary N) is 2. The first-order valence-electron chi connectivity index (χ1n) is 9.01. The van der Waals surface area contributed by atoms with Crippen molar-refractivity contribution in [3.05, 3.63) is 35.2 Å². The van der Waals surface area contributed by atoms with Crippen molar-refractivity contribution in [1.82, 2.24) is 9.78 Å². The van der Waals surface area contributed by atoms with Gasteiger partial charge in [0.05, 0.1) is 37.5 Å². The van der Waals surface area contributed by atoms with Crippen LogP contribution >= 0.6 is 0 Å². The van der Waals surface area contributed by atoms with Gasteiger partial charge in [0, 0.05) is 24.7 Å². The van der Waals surface area contributed by atoms with Crippen LogP contribution in [0.3, 0.4) is 0 Å². The van der Waals surface area contributed by atoms with Crippen LogP contribution in [0.1, 0.15) is 36.7 Å². The molecule has 1 aromatic carbocycles. The van der Waals surface area contributed by atoms with Crippen molar-refractivity contribution in [2.75, 3.05) is 17.7 Å². The van der Waals surface area contributed by atoms with Crippen LogP contribution in [0.15, 0.2) is 18.2 Å². The monoisotopic (exact) mass is 383 g/mol. The van der Waals surface area contributed by atoms with Crippen LogP contribution in [-0.2, 0) is 22.6 Å². The van der Waals surface area contributed by atoms with Gasteiger partial charge in [-0.3, -0.25) is 14.3 Å². The van der Waals surface area contributed by atoms with Gasteiger partial charge in [-0.15, -0.1) is 0 Å². The highest BCUT2D eigenvalue weighted by Gasteiger charge is 2.14. The Morgan fingerprint density at radius 2 is 2.04 bits per heavy atom. The highest BCUT2D eigenvalue weighted by molar-refractivity contribution is 5.94. The fourth-order valence-electron chi connectivity index (χ4n) is 3.00. The predicted octanol–water partition coefficient (Wildman–Crippen LogP) is 2.95. The van der Waals surface area contributed by atoms with Crippen molar-refractivity contribution < 1.29 is 14.3 Å². The van der Waals surface area contributed by atoms with Crippen LogP contribution in [0.5, 0.6) is 5.75 Å². The van der Waals surface area contributed by atoms with Gasteiger partial charge in [0.1, 0.15) is 5.75 Å². The second kappa shape index (κ2) is 9.55. The van der Waals surface area contributed by atoms with Gasteiger partial charge in [-0.25, -0.2) is 0 Å². The minimum Gasteiger partial charge on any atom is -0.495 e. The number of benzene rings is 1. The molecule has 28 heavy (non-hydrogen) atoms. The van der Waals surface area contributed by atoms with Crippen molar-refractivity contribution in [2.45, 2.75) is 46.6 Å². The van der Waals surface area contributed by atoms with E-state index in [2.05, 4.69) is 21.8 Å². The fourth-order valence-corrected chi connectivity index (χ4v) is 3.00. The summed E-state index contributed by atoms with van der Waals surface area (Å²) in [5, 5.41) is 18.7. The lowest BCUT2D eigenvalue weighted by atomic mass is 10.1. The van der Waals surface area contributed by atoms with Crippen LogP contribution in [-0.4, -0.2) is 28.7 Å². The molecule has 0 saturated heterocycles. The van der Waals surface area contributed by atoms with Crippen molar-refractivity contribution >= 4 is 23.2 Å². The summed E-state index contributed by atoms with van der Waals surface area (Å²) >= 11 is 0. The predicted molar refractivity (Wildman–Crippen MR) is 106 cm³/mol. The summed E-state index contributed by atoms with van der Waals surface area (Å²) in [6.45, 7) is 5.82. The number of carbonyl (C=O) groups excluding carboxylic acids is 2. The van der Waals surface area contributed by atoms with Gasteiger partial charge in [0.2, 0.25) is 11.8 Å². The molecule has 2 aromatic rings. The van der Waals surface area contributed by atoms with E-state index in [1.165, 1.54) is 14.0 Å². The average molecular weight is 383 g/mol. The second-order valence-corrected chi connectivity index (χ2v) is 6.43. The van der Waals surface area contributed by atoms with Crippen molar-refractivity contribution in [3.8, 4) is 11.8 Å².